The normalized spacial score (nSPS) is 7.17. The van der Waals surface area contributed by atoms with E-state index in [9.17, 15) is 4.79 Å². The van der Waals surface area contributed by atoms with Gasteiger partial charge in [0.25, 0.3) is 0 Å². The van der Waals surface area contributed by atoms with Crippen LogP contribution in [0.4, 0.5) is 0 Å². The van der Waals surface area contributed by atoms with Crippen LogP contribution in [0.15, 0.2) is 0 Å². The van der Waals surface area contributed by atoms with Crippen molar-refractivity contribution in [2.24, 2.45) is 5.92 Å². The van der Waals surface area contributed by atoms with E-state index in [-0.39, 0.29) is 27.0 Å². The zero-order valence-electron chi connectivity index (χ0n) is 3.80. The van der Waals surface area contributed by atoms with Gasteiger partial charge in [0, 0.05) is 21.1 Å². The molecule has 0 rings (SSSR count). The van der Waals surface area contributed by atoms with Gasteiger partial charge in [0.15, 0.2) is 0 Å². The van der Waals surface area contributed by atoms with Gasteiger partial charge in [-0.2, -0.15) is 0 Å². The van der Waals surface area contributed by atoms with Gasteiger partial charge < -0.3 is 4.79 Å². The van der Waals surface area contributed by atoms with Gasteiger partial charge in [-0.1, -0.05) is 13.8 Å². The van der Waals surface area contributed by atoms with Gasteiger partial charge in [-0.25, -0.2) is 0 Å². The summed E-state index contributed by atoms with van der Waals surface area (Å²) < 4.78 is 0. The Kier molecular flexibility index (Phi) is 8.58. The molecule has 0 bridgehead atoms. The molecule has 0 aromatic carbocycles. The predicted octanol–water partition coefficient (Wildman–Crippen LogP) is 0.750. The minimum Gasteiger partial charge on any atom is -0.542 e. The number of hydrogen-bond acceptors (Lipinski definition) is 1. The summed E-state index contributed by atoms with van der Waals surface area (Å²) in [6.07, 6.45) is 1.78. The Morgan fingerprint density at radius 3 is 1.67 bits per heavy atom. The van der Waals surface area contributed by atoms with Gasteiger partial charge in [-0.3, -0.25) is 6.29 Å². The third-order valence-electron chi connectivity index (χ3n) is 0.236. The molecule has 40 valence electrons. The van der Waals surface area contributed by atoms with E-state index >= 15 is 0 Å². The van der Waals surface area contributed by atoms with E-state index in [0.717, 1.165) is 0 Å². The first-order valence-corrected chi connectivity index (χ1v) is 1.65. The van der Waals surface area contributed by atoms with Gasteiger partial charge in [0.2, 0.25) is 0 Å². The number of rotatable bonds is 1. The molecule has 6 heavy (non-hydrogen) atoms. The molecule has 0 radical (unpaired) electrons. The fraction of sp³-hybridized carbons (Fsp3) is 0.750. The fourth-order valence-electron chi connectivity index (χ4n) is 0. The minimum atomic E-state index is 0. The van der Waals surface area contributed by atoms with Crippen LogP contribution in [0.2, 0.25) is 0 Å². The molecule has 0 N–H and O–H groups in total. The largest absolute Gasteiger partial charge is 0.542 e. The molecule has 0 saturated carbocycles. The van der Waals surface area contributed by atoms with Gasteiger partial charge in [0.1, 0.15) is 0 Å². The van der Waals surface area contributed by atoms with Crippen LogP contribution in [-0.2, 0) is 25.9 Å². The standard InChI is InChI=1S/C4H7O.Pt/c1-4(2)3-5;/h4H,1-2H3;/q-1;. The monoisotopic (exact) mass is 266 g/mol. The Labute approximate surface area is 52.4 Å². The molecule has 0 aliphatic carbocycles. The Morgan fingerprint density at radius 2 is 1.67 bits per heavy atom. The molecule has 0 amide bonds. The van der Waals surface area contributed by atoms with Gasteiger partial charge in [-0.15, -0.1) is 5.92 Å². The topological polar surface area (TPSA) is 17.1 Å². The van der Waals surface area contributed by atoms with Gasteiger partial charge in [-0.05, 0) is 0 Å². The van der Waals surface area contributed by atoms with Crippen LogP contribution in [0.3, 0.4) is 0 Å². The first-order valence-electron chi connectivity index (χ1n) is 1.65. The summed E-state index contributed by atoms with van der Waals surface area (Å²) in [6.45, 7) is 3.60. The molecule has 0 fully saturated rings. The van der Waals surface area contributed by atoms with Crippen LogP contribution in [0.1, 0.15) is 13.8 Å². The van der Waals surface area contributed by atoms with Crippen molar-refractivity contribution >= 4 is 6.29 Å². The Morgan fingerprint density at radius 1 is 1.50 bits per heavy atom. The first-order chi connectivity index (χ1) is 2.27. The molecule has 0 aromatic heterocycles. The van der Waals surface area contributed by atoms with Crippen LogP contribution in [0, 0.1) is 5.92 Å². The van der Waals surface area contributed by atoms with E-state index in [1.165, 1.54) is 0 Å². The molecule has 1 nitrogen and oxygen atoms in total. The molecule has 0 aliphatic heterocycles. The maximum atomic E-state index is 9.38. The quantitative estimate of drug-likeness (QED) is 0.640. The van der Waals surface area contributed by atoms with Crippen LogP contribution < -0.4 is 0 Å². The summed E-state index contributed by atoms with van der Waals surface area (Å²) >= 11 is 0. The maximum absolute atomic E-state index is 9.38. The molecule has 0 aliphatic rings. The molecule has 0 spiro atoms. The Bertz CT molecular complexity index is 34.5. The predicted molar refractivity (Wildman–Crippen MR) is 20.5 cm³/mol. The molecule has 0 unspecified atom stereocenters. The zero-order chi connectivity index (χ0) is 4.28. The second-order valence-electron chi connectivity index (χ2n) is 1.27. The Balaban J connectivity index is 0. The van der Waals surface area contributed by atoms with Crippen LogP contribution >= 0.6 is 0 Å². The summed E-state index contributed by atoms with van der Waals surface area (Å²) in [5.74, 6) is 0.0787. The smallest absolute Gasteiger partial charge is 0 e. The van der Waals surface area contributed by atoms with Crippen molar-refractivity contribution in [1.29, 1.82) is 0 Å². The first kappa shape index (κ1) is 9.61. The zero-order valence-corrected chi connectivity index (χ0v) is 6.07. The second-order valence-corrected chi connectivity index (χ2v) is 1.27. The maximum Gasteiger partial charge on any atom is 0 e. The van der Waals surface area contributed by atoms with Gasteiger partial charge in [0.05, 0.1) is 0 Å². The van der Waals surface area contributed by atoms with Crippen molar-refractivity contribution in [3.63, 3.8) is 0 Å². The molecule has 0 saturated heterocycles. The molecule has 2 heteroatoms. The molecule has 0 aromatic rings. The molecular weight excluding hydrogens is 259 g/mol. The molecule has 0 heterocycles. The van der Waals surface area contributed by atoms with Crippen molar-refractivity contribution < 1.29 is 25.9 Å². The van der Waals surface area contributed by atoms with E-state index in [0.29, 0.717) is 0 Å². The van der Waals surface area contributed by atoms with Crippen LogP contribution in [0.5, 0.6) is 0 Å². The summed E-state index contributed by atoms with van der Waals surface area (Å²) in [5.41, 5.74) is 0. The summed E-state index contributed by atoms with van der Waals surface area (Å²) in [7, 11) is 0. The molecule has 0 atom stereocenters. The molecular formula is C4H7OPt-. The van der Waals surface area contributed by atoms with E-state index in [1.807, 2.05) is 0 Å². The van der Waals surface area contributed by atoms with Crippen molar-refractivity contribution in [2.75, 3.05) is 0 Å². The van der Waals surface area contributed by atoms with Crippen molar-refractivity contribution in [3.8, 4) is 0 Å². The van der Waals surface area contributed by atoms with Crippen LogP contribution in [0.25, 0.3) is 0 Å². The SMILES string of the molecule is CC(C)[C-]=O.[Pt]. The summed E-state index contributed by atoms with van der Waals surface area (Å²) in [4.78, 5) is 9.38. The van der Waals surface area contributed by atoms with Crippen molar-refractivity contribution in [1.82, 2.24) is 0 Å². The average molecular weight is 266 g/mol. The third-order valence-corrected chi connectivity index (χ3v) is 0.236. The third kappa shape index (κ3) is 8.84. The number of hydrogen-bond donors (Lipinski definition) is 0. The fourth-order valence-corrected chi connectivity index (χ4v) is 0. The minimum absolute atomic E-state index is 0. The summed E-state index contributed by atoms with van der Waals surface area (Å²) in [6, 6.07) is 0. The van der Waals surface area contributed by atoms with Crippen LogP contribution in [-0.4, -0.2) is 6.29 Å². The average Bonchev–Trinajstić information content (AvgIpc) is 1.38. The summed E-state index contributed by atoms with van der Waals surface area (Å²) in [5, 5.41) is 0. The van der Waals surface area contributed by atoms with E-state index in [2.05, 4.69) is 0 Å². The Hall–Kier alpha value is 0.358. The van der Waals surface area contributed by atoms with E-state index in [1.54, 1.807) is 20.1 Å². The number of carbonyl (C=O) groups excluding carboxylic acids is 1. The van der Waals surface area contributed by atoms with Crippen molar-refractivity contribution in [3.05, 3.63) is 0 Å². The second kappa shape index (κ2) is 5.36. The van der Waals surface area contributed by atoms with Crippen molar-refractivity contribution in [2.45, 2.75) is 13.8 Å². The van der Waals surface area contributed by atoms with E-state index in [4.69, 9.17) is 0 Å². The van der Waals surface area contributed by atoms with Gasteiger partial charge >= 0.3 is 0 Å². The van der Waals surface area contributed by atoms with E-state index < -0.39 is 0 Å².